The number of piperidine rings is 1. The predicted octanol–water partition coefficient (Wildman–Crippen LogP) is 5.95. The Labute approximate surface area is 235 Å². The molecule has 3 aromatic rings. The highest BCUT2D eigenvalue weighted by Gasteiger charge is 2.31. The minimum Gasteiger partial charge on any atom is -0.496 e. The van der Waals surface area contributed by atoms with Crippen LogP contribution in [0.4, 0.5) is 0 Å². The van der Waals surface area contributed by atoms with Crippen LogP contribution in [0.2, 0.25) is 0 Å². The molecule has 1 N–H and O–H groups in total. The third kappa shape index (κ3) is 5.10. The Kier molecular flexibility index (Phi) is 7.57. The molecule has 0 unspecified atom stereocenters. The number of nitrogens with zero attached hydrogens (tertiary/aromatic N) is 1. The van der Waals surface area contributed by atoms with E-state index in [1.807, 2.05) is 12.1 Å². The van der Waals surface area contributed by atoms with Crippen LogP contribution in [-0.2, 0) is 30.8 Å². The lowest BCUT2D eigenvalue weighted by molar-refractivity contribution is -0.144. The molecule has 2 heterocycles. The van der Waals surface area contributed by atoms with Gasteiger partial charge < -0.3 is 24.1 Å². The fourth-order valence-electron chi connectivity index (χ4n) is 6.46. The quantitative estimate of drug-likeness (QED) is 0.376. The first-order chi connectivity index (χ1) is 19.5. The van der Waals surface area contributed by atoms with Crippen LogP contribution < -0.4 is 18.9 Å². The van der Waals surface area contributed by atoms with Crippen LogP contribution in [0.25, 0.3) is 11.1 Å². The summed E-state index contributed by atoms with van der Waals surface area (Å²) in [5.41, 5.74) is 8.15. The van der Waals surface area contributed by atoms with Crippen molar-refractivity contribution in [1.82, 2.24) is 4.90 Å². The van der Waals surface area contributed by atoms with Crippen LogP contribution in [0.3, 0.4) is 0 Å². The standard InChI is InChI=1S/C33H37NO6/c1-21-23(7-5-8-24(21)22-12-13-29-32(17-22)39-16-15-38-29)20-40-31-18-30(37-2)27(25-9-6-10-26(25)31)19-34-14-4-3-11-28(34)33(35)36/h5,7-8,12-13,17-18,28H,3-4,6,9-11,14-16,19-20H2,1-2H3,(H,35,36)/t28-/m0/s1. The number of fused-ring (bicyclic) bond motifs is 2. The van der Waals surface area contributed by atoms with Crippen molar-refractivity contribution < 1.29 is 28.8 Å². The number of hydrogen-bond acceptors (Lipinski definition) is 6. The molecule has 0 aromatic heterocycles. The van der Waals surface area contributed by atoms with Crippen molar-refractivity contribution in [2.75, 3.05) is 26.9 Å². The molecule has 1 fully saturated rings. The summed E-state index contributed by atoms with van der Waals surface area (Å²) in [6.45, 7) is 5.12. The summed E-state index contributed by atoms with van der Waals surface area (Å²) in [5.74, 6) is 2.49. The largest absolute Gasteiger partial charge is 0.496 e. The molecule has 0 radical (unpaired) electrons. The maximum Gasteiger partial charge on any atom is 0.320 e. The van der Waals surface area contributed by atoms with E-state index in [1.165, 1.54) is 16.7 Å². The molecule has 0 amide bonds. The van der Waals surface area contributed by atoms with Crippen molar-refractivity contribution in [1.29, 1.82) is 0 Å². The number of carboxylic acids is 1. The molecule has 6 rings (SSSR count). The highest BCUT2D eigenvalue weighted by Crippen LogP contribution is 2.41. The van der Waals surface area contributed by atoms with Gasteiger partial charge in [-0.15, -0.1) is 0 Å². The molecular weight excluding hydrogens is 506 g/mol. The maximum atomic E-state index is 11.9. The van der Waals surface area contributed by atoms with Crippen molar-refractivity contribution in [2.45, 2.75) is 64.6 Å². The monoisotopic (exact) mass is 543 g/mol. The van der Waals surface area contributed by atoms with Gasteiger partial charge in [0.1, 0.15) is 37.4 Å². The first-order valence-electron chi connectivity index (χ1n) is 14.3. The zero-order valence-electron chi connectivity index (χ0n) is 23.3. The number of carboxylic acid groups (broad SMARTS) is 1. The molecule has 210 valence electrons. The number of likely N-dealkylation sites (tertiary alicyclic amines) is 1. The van der Waals surface area contributed by atoms with Crippen LogP contribution in [0.15, 0.2) is 42.5 Å². The van der Waals surface area contributed by atoms with Crippen LogP contribution in [-0.4, -0.2) is 48.9 Å². The lowest BCUT2D eigenvalue weighted by Crippen LogP contribution is -2.44. The molecule has 1 atom stereocenters. The number of hydrogen-bond donors (Lipinski definition) is 1. The Bertz CT molecular complexity index is 1420. The number of benzene rings is 3. The van der Waals surface area contributed by atoms with E-state index in [9.17, 15) is 9.90 Å². The minimum atomic E-state index is -0.732. The summed E-state index contributed by atoms with van der Waals surface area (Å²) in [6.07, 6.45) is 5.67. The van der Waals surface area contributed by atoms with E-state index >= 15 is 0 Å². The number of aliphatic carboxylic acids is 1. The average molecular weight is 544 g/mol. The average Bonchev–Trinajstić information content (AvgIpc) is 3.48. The van der Waals surface area contributed by atoms with Gasteiger partial charge in [0.2, 0.25) is 0 Å². The van der Waals surface area contributed by atoms with Crippen molar-refractivity contribution in [3.63, 3.8) is 0 Å². The zero-order valence-corrected chi connectivity index (χ0v) is 23.3. The fraction of sp³-hybridized carbons (Fsp3) is 0.424. The van der Waals surface area contributed by atoms with Gasteiger partial charge in [-0.05, 0) is 91.1 Å². The van der Waals surface area contributed by atoms with E-state index in [0.29, 0.717) is 32.8 Å². The second-order valence-electron chi connectivity index (χ2n) is 10.9. The molecule has 0 bridgehead atoms. The van der Waals surface area contributed by atoms with Gasteiger partial charge >= 0.3 is 5.97 Å². The Morgan fingerprint density at radius 1 is 1.00 bits per heavy atom. The lowest BCUT2D eigenvalue weighted by atomic mass is 9.96. The Morgan fingerprint density at radius 2 is 1.82 bits per heavy atom. The van der Waals surface area contributed by atoms with Gasteiger partial charge in [0.05, 0.1) is 7.11 Å². The molecule has 1 aliphatic carbocycles. The molecule has 0 spiro atoms. The Hall–Kier alpha value is -3.71. The van der Waals surface area contributed by atoms with Crippen molar-refractivity contribution >= 4 is 5.97 Å². The predicted molar refractivity (Wildman–Crippen MR) is 153 cm³/mol. The molecule has 3 aromatic carbocycles. The zero-order chi connectivity index (χ0) is 27.6. The molecule has 40 heavy (non-hydrogen) atoms. The third-order valence-electron chi connectivity index (χ3n) is 8.60. The van der Waals surface area contributed by atoms with E-state index in [2.05, 4.69) is 42.2 Å². The highest BCUT2D eigenvalue weighted by atomic mass is 16.6. The van der Waals surface area contributed by atoms with Gasteiger partial charge in [0, 0.05) is 18.2 Å². The van der Waals surface area contributed by atoms with Gasteiger partial charge in [-0.2, -0.15) is 0 Å². The van der Waals surface area contributed by atoms with Crippen molar-refractivity contribution in [2.24, 2.45) is 0 Å². The van der Waals surface area contributed by atoms with E-state index in [4.69, 9.17) is 18.9 Å². The second-order valence-corrected chi connectivity index (χ2v) is 10.9. The third-order valence-corrected chi connectivity index (χ3v) is 8.60. The molecule has 7 heteroatoms. The van der Waals surface area contributed by atoms with Gasteiger partial charge in [0.25, 0.3) is 0 Å². The van der Waals surface area contributed by atoms with Gasteiger partial charge in [0.15, 0.2) is 11.5 Å². The summed E-state index contributed by atoms with van der Waals surface area (Å²) >= 11 is 0. The van der Waals surface area contributed by atoms with Gasteiger partial charge in [-0.3, -0.25) is 9.69 Å². The molecule has 3 aliphatic rings. The van der Waals surface area contributed by atoms with Crippen molar-refractivity contribution in [3.05, 3.63) is 70.3 Å². The SMILES string of the molecule is COc1cc(OCc2cccc(-c3ccc4c(c3)OCCO4)c2C)c2c(c1CN1CCCC[C@H]1C(=O)O)CCC2. The van der Waals surface area contributed by atoms with E-state index in [-0.39, 0.29) is 0 Å². The fourth-order valence-corrected chi connectivity index (χ4v) is 6.46. The number of rotatable bonds is 8. The number of ether oxygens (including phenoxy) is 4. The van der Waals surface area contributed by atoms with Crippen LogP contribution in [0, 0.1) is 6.92 Å². The summed E-state index contributed by atoms with van der Waals surface area (Å²) in [7, 11) is 1.69. The number of methoxy groups -OCH3 is 1. The maximum absolute atomic E-state index is 11.9. The molecule has 2 aliphatic heterocycles. The minimum absolute atomic E-state index is 0.434. The van der Waals surface area contributed by atoms with Crippen LogP contribution >= 0.6 is 0 Å². The van der Waals surface area contributed by atoms with Gasteiger partial charge in [-0.1, -0.05) is 30.7 Å². The number of carbonyl (C=O) groups is 1. The lowest BCUT2D eigenvalue weighted by Gasteiger charge is -2.34. The summed E-state index contributed by atoms with van der Waals surface area (Å²) < 4.78 is 23.9. The highest BCUT2D eigenvalue weighted by molar-refractivity contribution is 5.74. The van der Waals surface area contributed by atoms with E-state index in [0.717, 1.165) is 83.9 Å². The Balaban J connectivity index is 1.25. The van der Waals surface area contributed by atoms with Crippen LogP contribution in [0.1, 0.15) is 53.5 Å². The first kappa shape index (κ1) is 26.5. The summed E-state index contributed by atoms with van der Waals surface area (Å²) in [5, 5.41) is 9.79. The van der Waals surface area contributed by atoms with Gasteiger partial charge in [-0.25, -0.2) is 0 Å². The Morgan fingerprint density at radius 3 is 2.65 bits per heavy atom. The topological polar surface area (TPSA) is 77.5 Å². The van der Waals surface area contributed by atoms with Crippen molar-refractivity contribution in [3.8, 4) is 34.1 Å². The summed E-state index contributed by atoms with van der Waals surface area (Å²) in [6, 6.07) is 14.0. The molecule has 7 nitrogen and oxygen atoms in total. The van der Waals surface area contributed by atoms with Crippen LogP contribution in [0.5, 0.6) is 23.0 Å². The summed E-state index contributed by atoms with van der Waals surface area (Å²) in [4.78, 5) is 14.0. The smallest absolute Gasteiger partial charge is 0.320 e. The normalized spacial score (nSPS) is 18.3. The molecule has 1 saturated heterocycles. The van der Waals surface area contributed by atoms with E-state index < -0.39 is 12.0 Å². The van der Waals surface area contributed by atoms with E-state index in [1.54, 1.807) is 7.11 Å². The second kappa shape index (κ2) is 11.4. The first-order valence-corrected chi connectivity index (χ1v) is 14.3. The molecule has 0 saturated carbocycles. The molecular formula is C33H37NO6.